The molecule has 1 aliphatic rings. The molecule has 2 heterocycles. The molecule has 0 saturated heterocycles. The van der Waals surface area contributed by atoms with Crippen molar-refractivity contribution in [3.8, 4) is 0 Å². The Labute approximate surface area is 103 Å². The maximum Gasteiger partial charge on any atom is 0.129 e. The summed E-state index contributed by atoms with van der Waals surface area (Å²) >= 11 is 11.6. The van der Waals surface area contributed by atoms with Gasteiger partial charge in [-0.2, -0.15) is 0 Å². The fraction of sp³-hybridized carbons (Fsp3) is 0.125. The van der Waals surface area contributed by atoms with E-state index in [1.807, 2.05) is 12.3 Å². The molecule has 0 fully saturated rings. The van der Waals surface area contributed by atoms with Crippen LogP contribution in [0.2, 0.25) is 5.15 Å². The van der Waals surface area contributed by atoms with Crippen LogP contribution >= 0.6 is 50.1 Å². The van der Waals surface area contributed by atoms with Gasteiger partial charge >= 0.3 is 0 Å². The maximum absolute atomic E-state index is 5.81. The summed E-state index contributed by atoms with van der Waals surface area (Å²) in [5.74, 6) is 0. The summed E-state index contributed by atoms with van der Waals surface area (Å²) in [6.07, 6.45) is 3.71. The van der Waals surface area contributed by atoms with E-state index in [2.05, 4.69) is 48.8 Å². The lowest BCUT2D eigenvalue weighted by molar-refractivity contribution is 0.860. The van der Waals surface area contributed by atoms with Gasteiger partial charge in [-0.3, -0.25) is 0 Å². The summed E-state index contributed by atoms with van der Waals surface area (Å²) in [5.41, 5.74) is 2.26. The van der Waals surface area contributed by atoms with Crippen molar-refractivity contribution in [2.45, 2.75) is 4.05 Å². The molecule has 0 saturated carbocycles. The maximum atomic E-state index is 5.81. The molecule has 0 bridgehead atoms. The minimum Gasteiger partial charge on any atom is -0.375 e. The first-order chi connectivity index (χ1) is 6.18. The molecule has 1 N–H and O–H groups in total. The zero-order chi connectivity index (χ0) is 9.42. The van der Waals surface area contributed by atoms with Crippen LogP contribution in [0.4, 0.5) is 0 Å². The average Bonchev–Trinajstić information content (AvgIpc) is 2.12. The summed E-state index contributed by atoms with van der Waals surface area (Å²) in [5, 5.41) is 3.74. The minimum absolute atomic E-state index is 0.259. The van der Waals surface area contributed by atoms with Gasteiger partial charge in [0.15, 0.2) is 0 Å². The van der Waals surface area contributed by atoms with Gasteiger partial charge in [0.05, 0.1) is 0 Å². The fourth-order valence-corrected chi connectivity index (χ4v) is 2.49. The summed E-state index contributed by atoms with van der Waals surface area (Å²) < 4.78 is 1.27. The van der Waals surface area contributed by atoms with Gasteiger partial charge < -0.3 is 5.32 Å². The molecule has 1 aromatic heterocycles. The van der Waals surface area contributed by atoms with Crippen molar-refractivity contribution in [2.75, 3.05) is 0 Å². The average molecular weight is 371 g/mol. The van der Waals surface area contributed by atoms with Crippen molar-refractivity contribution in [1.29, 1.82) is 0 Å². The Balaban J connectivity index is 2.59. The van der Waals surface area contributed by atoms with Crippen LogP contribution in [0.5, 0.6) is 0 Å². The van der Waals surface area contributed by atoms with Gasteiger partial charge in [0.25, 0.3) is 0 Å². The molecule has 5 heteroatoms. The molecule has 0 aromatic carbocycles. The zero-order valence-corrected chi connectivity index (χ0v) is 10.9. The molecule has 0 amide bonds. The minimum atomic E-state index is 0.259. The van der Waals surface area contributed by atoms with Gasteiger partial charge in [-0.25, -0.2) is 4.98 Å². The first-order valence-corrected chi connectivity index (χ1v) is 6.02. The van der Waals surface area contributed by atoms with Crippen LogP contribution in [0.1, 0.15) is 15.2 Å². The van der Waals surface area contributed by atoms with Crippen LogP contribution in [0.25, 0.3) is 4.48 Å². The van der Waals surface area contributed by atoms with Crippen molar-refractivity contribution < 1.29 is 0 Å². The van der Waals surface area contributed by atoms with Crippen LogP contribution in [0.15, 0.2) is 18.5 Å². The summed E-state index contributed by atoms with van der Waals surface area (Å²) in [6.45, 7) is 0. The first kappa shape index (κ1) is 9.73. The van der Waals surface area contributed by atoms with Crippen molar-refractivity contribution in [2.24, 2.45) is 0 Å². The fourth-order valence-electron chi connectivity index (χ4n) is 1.17. The monoisotopic (exact) mass is 370 g/mol. The molecule has 1 aromatic rings. The van der Waals surface area contributed by atoms with E-state index in [9.17, 15) is 0 Å². The summed E-state index contributed by atoms with van der Waals surface area (Å²) in [4.78, 5) is 4.04. The van der Waals surface area contributed by atoms with Crippen LogP contribution in [-0.2, 0) is 0 Å². The van der Waals surface area contributed by atoms with Crippen molar-refractivity contribution in [1.82, 2.24) is 10.3 Å². The molecule has 13 heavy (non-hydrogen) atoms. The van der Waals surface area contributed by atoms with E-state index < -0.39 is 0 Å². The van der Waals surface area contributed by atoms with Gasteiger partial charge in [0, 0.05) is 22.4 Å². The van der Waals surface area contributed by atoms with Gasteiger partial charge in [-0.05, 0) is 27.6 Å². The third-order valence-corrected chi connectivity index (χ3v) is 3.68. The Kier molecular flexibility index (Phi) is 2.80. The van der Waals surface area contributed by atoms with Crippen molar-refractivity contribution in [3.63, 3.8) is 0 Å². The largest absolute Gasteiger partial charge is 0.375 e. The third-order valence-electron chi connectivity index (χ3n) is 1.79. The zero-order valence-electron chi connectivity index (χ0n) is 6.39. The number of rotatable bonds is 0. The number of pyridine rings is 1. The van der Waals surface area contributed by atoms with Crippen LogP contribution in [0.3, 0.4) is 0 Å². The number of hydrogen-bond donors (Lipinski definition) is 1. The molecule has 1 aliphatic heterocycles. The second-order valence-corrected chi connectivity index (χ2v) is 5.10. The smallest absolute Gasteiger partial charge is 0.129 e. The lowest BCUT2D eigenvalue weighted by Gasteiger charge is -2.20. The summed E-state index contributed by atoms with van der Waals surface area (Å²) in [6, 6.07) is 1.88. The molecule has 68 valence electrons. The third kappa shape index (κ3) is 1.85. The van der Waals surface area contributed by atoms with E-state index in [1.54, 1.807) is 6.20 Å². The molecule has 0 radical (unpaired) electrons. The number of fused-ring (bicyclic) bond motifs is 1. The topological polar surface area (TPSA) is 24.9 Å². The quantitative estimate of drug-likeness (QED) is 0.327. The Morgan fingerprint density at radius 1 is 1.62 bits per heavy atom. The molecule has 2 rings (SSSR count). The number of alkyl halides is 1. The Morgan fingerprint density at radius 2 is 2.38 bits per heavy atom. The number of aromatic nitrogens is 1. The van der Waals surface area contributed by atoms with Crippen LogP contribution in [-0.4, -0.2) is 4.98 Å². The van der Waals surface area contributed by atoms with Gasteiger partial charge in [0.1, 0.15) is 9.20 Å². The Hall–Kier alpha value is 0.190. The van der Waals surface area contributed by atoms with Gasteiger partial charge in [-0.1, -0.05) is 34.2 Å². The number of halogens is 3. The lowest BCUT2D eigenvalue weighted by Crippen LogP contribution is -2.15. The number of hydrogen-bond acceptors (Lipinski definition) is 2. The second-order valence-electron chi connectivity index (χ2n) is 2.62. The van der Waals surface area contributed by atoms with E-state index in [1.165, 1.54) is 0 Å². The second kappa shape index (κ2) is 3.74. The highest BCUT2D eigenvalue weighted by atomic mass is 127. The van der Waals surface area contributed by atoms with E-state index in [0.717, 1.165) is 15.6 Å². The van der Waals surface area contributed by atoms with E-state index in [-0.39, 0.29) is 4.05 Å². The molecular formula is C8H5BrClIN2. The summed E-state index contributed by atoms with van der Waals surface area (Å²) in [7, 11) is 0. The molecule has 0 aliphatic carbocycles. The van der Waals surface area contributed by atoms with E-state index >= 15 is 0 Å². The van der Waals surface area contributed by atoms with E-state index in [0.29, 0.717) is 5.15 Å². The van der Waals surface area contributed by atoms with E-state index in [4.69, 9.17) is 11.6 Å². The normalized spacial score (nSPS) is 20.2. The lowest BCUT2D eigenvalue weighted by atomic mass is 10.1. The Morgan fingerprint density at radius 3 is 3.15 bits per heavy atom. The van der Waals surface area contributed by atoms with Gasteiger partial charge in [0.2, 0.25) is 0 Å². The van der Waals surface area contributed by atoms with Crippen molar-refractivity contribution >= 4 is 54.6 Å². The number of nitrogens with one attached hydrogen (secondary N) is 1. The highest BCUT2D eigenvalue weighted by Crippen LogP contribution is 2.35. The SMILES string of the molecule is Clc1cc2c(cn1)C(Br)=CNC2I. The van der Waals surface area contributed by atoms with Crippen LogP contribution in [0, 0.1) is 0 Å². The highest BCUT2D eigenvalue weighted by Gasteiger charge is 2.18. The van der Waals surface area contributed by atoms with Crippen LogP contribution < -0.4 is 5.32 Å². The molecule has 1 atom stereocenters. The molecule has 2 nitrogen and oxygen atoms in total. The molecule has 1 unspecified atom stereocenters. The molecular weight excluding hydrogens is 366 g/mol. The first-order valence-electron chi connectivity index (χ1n) is 3.60. The predicted octanol–water partition coefficient (Wildman–Crippen LogP) is 3.47. The predicted molar refractivity (Wildman–Crippen MR) is 66.0 cm³/mol. The number of nitrogens with zero attached hydrogens (tertiary/aromatic N) is 1. The van der Waals surface area contributed by atoms with Crippen molar-refractivity contribution in [3.05, 3.63) is 34.7 Å². The van der Waals surface area contributed by atoms with Gasteiger partial charge in [-0.15, -0.1) is 0 Å². The molecule has 0 spiro atoms. The highest BCUT2D eigenvalue weighted by molar-refractivity contribution is 14.1. The standard InChI is InChI=1S/C8H5BrClIN2/c9-6-3-13-8(11)4-1-7(10)12-2-5(4)6/h1-3,8,13H. The Bertz CT molecular complexity index is 380.